The van der Waals surface area contributed by atoms with Gasteiger partial charge in [-0.25, -0.2) is 0 Å². The summed E-state index contributed by atoms with van der Waals surface area (Å²) in [6.07, 6.45) is 3.73. The summed E-state index contributed by atoms with van der Waals surface area (Å²) in [4.78, 5) is 0. The number of rotatable bonds is 4. The summed E-state index contributed by atoms with van der Waals surface area (Å²) in [5, 5.41) is 0. The van der Waals surface area contributed by atoms with Crippen LogP contribution in [0.3, 0.4) is 0 Å². The molecule has 0 bridgehead atoms. The van der Waals surface area contributed by atoms with Crippen LogP contribution in [0.2, 0.25) is 0 Å². The molecule has 0 saturated heterocycles. The highest BCUT2D eigenvalue weighted by Crippen LogP contribution is 2.27. The van der Waals surface area contributed by atoms with E-state index in [1.165, 1.54) is 24.0 Å². The summed E-state index contributed by atoms with van der Waals surface area (Å²) in [5.41, 5.74) is 5.98. The molecule has 0 heterocycles. The minimum absolute atomic E-state index is 0.712. The minimum atomic E-state index is 0.712. The molecule has 0 aliphatic carbocycles. The predicted octanol–water partition coefficient (Wildman–Crippen LogP) is 4.77. The Morgan fingerprint density at radius 3 is 2.20 bits per heavy atom. The molecule has 84 valence electrons. The molecule has 0 spiro atoms. The lowest BCUT2D eigenvalue weighted by Crippen LogP contribution is -2.00. The molecule has 0 fully saturated rings. The molecule has 0 aromatic heterocycles. The molecule has 1 aromatic carbocycles. The van der Waals surface area contributed by atoms with E-state index in [9.17, 15) is 0 Å². The lowest BCUT2D eigenvalue weighted by Gasteiger charge is -2.17. The molecule has 0 aliphatic heterocycles. The largest absolute Gasteiger partial charge is 0.0654 e. The highest BCUT2D eigenvalue weighted by molar-refractivity contribution is 5.39. The first-order valence-electron chi connectivity index (χ1n) is 6.20. The fourth-order valence-electron chi connectivity index (χ4n) is 2.25. The van der Waals surface area contributed by atoms with Crippen molar-refractivity contribution >= 4 is 0 Å². The molecular weight excluding hydrogens is 180 g/mol. The third-order valence-electron chi connectivity index (χ3n) is 3.39. The Hall–Kier alpha value is -0.780. The molecule has 0 amide bonds. The third-order valence-corrected chi connectivity index (χ3v) is 3.39. The Balaban J connectivity index is 3.09. The lowest BCUT2D eigenvalue weighted by atomic mass is 9.88. The predicted molar refractivity (Wildman–Crippen MR) is 68.6 cm³/mol. The molecule has 1 unspecified atom stereocenters. The summed E-state index contributed by atoms with van der Waals surface area (Å²) < 4.78 is 0. The van der Waals surface area contributed by atoms with Gasteiger partial charge in [-0.1, -0.05) is 39.3 Å². The zero-order valence-electron chi connectivity index (χ0n) is 10.9. The summed E-state index contributed by atoms with van der Waals surface area (Å²) in [7, 11) is 0. The van der Waals surface area contributed by atoms with E-state index in [1.807, 2.05) is 0 Å². The van der Waals surface area contributed by atoms with Crippen LogP contribution in [-0.4, -0.2) is 0 Å². The zero-order chi connectivity index (χ0) is 11.4. The van der Waals surface area contributed by atoms with Gasteiger partial charge in [0.15, 0.2) is 0 Å². The van der Waals surface area contributed by atoms with Crippen molar-refractivity contribution in [3.8, 4) is 0 Å². The van der Waals surface area contributed by atoms with E-state index in [1.54, 1.807) is 11.1 Å². The van der Waals surface area contributed by atoms with E-state index in [-0.39, 0.29) is 0 Å². The van der Waals surface area contributed by atoms with Gasteiger partial charge in [0.2, 0.25) is 0 Å². The van der Waals surface area contributed by atoms with Crippen LogP contribution in [0.5, 0.6) is 0 Å². The second-order valence-corrected chi connectivity index (χ2v) is 4.68. The zero-order valence-corrected chi connectivity index (χ0v) is 10.9. The van der Waals surface area contributed by atoms with E-state index in [0.717, 1.165) is 6.42 Å². The van der Waals surface area contributed by atoms with Crippen molar-refractivity contribution in [2.45, 2.75) is 59.8 Å². The van der Waals surface area contributed by atoms with Gasteiger partial charge in [-0.3, -0.25) is 0 Å². The van der Waals surface area contributed by atoms with E-state index in [0.29, 0.717) is 5.92 Å². The Bertz CT molecular complexity index is 323. The van der Waals surface area contributed by atoms with Crippen molar-refractivity contribution in [2.24, 2.45) is 0 Å². The van der Waals surface area contributed by atoms with E-state index in [2.05, 4.69) is 46.8 Å². The van der Waals surface area contributed by atoms with E-state index >= 15 is 0 Å². The minimum Gasteiger partial charge on any atom is -0.0654 e. The van der Waals surface area contributed by atoms with Crippen LogP contribution in [0.1, 0.15) is 61.8 Å². The van der Waals surface area contributed by atoms with Gasteiger partial charge < -0.3 is 0 Å². The number of aryl methyl sites for hydroxylation is 3. The summed E-state index contributed by atoms with van der Waals surface area (Å²) in [6.45, 7) is 11.3. The maximum Gasteiger partial charge on any atom is -0.0188 e. The molecule has 1 aromatic rings. The number of hydrogen-bond donors (Lipinski definition) is 0. The second kappa shape index (κ2) is 5.34. The summed E-state index contributed by atoms with van der Waals surface area (Å²) in [6, 6.07) is 4.77. The average molecular weight is 204 g/mol. The fraction of sp³-hybridized carbons (Fsp3) is 0.600. The third kappa shape index (κ3) is 2.84. The number of hydrogen-bond acceptors (Lipinski definition) is 0. The Kier molecular flexibility index (Phi) is 4.38. The van der Waals surface area contributed by atoms with Gasteiger partial charge in [0.1, 0.15) is 0 Å². The smallest absolute Gasteiger partial charge is 0.0188 e. The van der Waals surface area contributed by atoms with Crippen LogP contribution in [0.15, 0.2) is 12.1 Å². The first kappa shape index (κ1) is 12.3. The van der Waals surface area contributed by atoms with Crippen LogP contribution < -0.4 is 0 Å². The van der Waals surface area contributed by atoms with Gasteiger partial charge in [-0.05, 0) is 54.9 Å². The maximum atomic E-state index is 2.40. The van der Waals surface area contributed by atoms with Crippen molar-refractivity contribution < 1.29 is 0 Å². The fourth-order valence-corrected chi connectivity index (χ4v) is 2.25. The van der Waals surface area contributed by atoms with Crippen molar-refractivity contribution in [1.29, 1.82) is 0 Å². The molecule has 15 heavy (non-hydrogen) atoms. The Morgan fingerprint density at radius 2 is 1.67 bits per heavy atom. The lowest BCUT2D eigenvalue weighted by molar-refractivity contribution is 0.658. The topological polar surface area (TPSA) is 0 Å². The molecule has 0 heteroatoms. The monoisotopic (exact) mass is 204 g/mol. The molecule has 1 atom stereocenters. The van der Waals surface area contributed by atoms with E-state index < -0.39 is 0 Å². The van der Waals surface area contributed by atoms with Crippen LogP contribution in [0, 0.1) is 13.8 Å². The van der Waals surface area contributed by atoms with Crippen molar-refractivity contribution in [2.75, 3.05) is 0 Å². The molecule has 0 radical (unpaired) electrons. The maximum absolute atomic E-state index is 2.40. The first-order valence-corrected chi connectivity index (χ1v) is 6.20. The second-order valence-electron chi connectivity index (χ2n) is 4.68. The van der Waals surface area contributed by atoms with Crippen molar-refractivity contribution in [1.82, 2.24) is 0 Å². The quantitative estimate of drug-likeness (QED) is 0.662. The molecule has 0 aliphatic rings. The van der Waals surface area contributed by atoms with Gasteiger partial charge >= 0.3 is 0 Å². The SMILES string of the molecule is CCCC(C)c1cc(C)c(C)cc1CC. The van der Waals surface area contributed by atoms with Crippen LogP contribution in [-0.2, 0) is 6.42 Å². The van der Waals surface area contributed by atoms with E-state index in [4.69, 9.17) is 0 Å². The molecule has 0 saturated carbocycles. The average Bonchev–Trinajstić information content (AvgIpc) is 2.21. The van der Waals surface area contributed by atoms with Crippen LogP contribution in [0.25, 0.3) is 0 Å². The van der Waals surface area contributed by atoms with Crippen molar-refractivity contribution in [3.63, 3.8) is 0 Å². The molecule has 0 nitrogen and oxygen atoms in total. The van der Waals surface area contributed by atoms with Crippen LogP contribution in [0.4, 0.5) is 0 Å². The highest BCUT2D eigenvalue weighted by atomic mass is 14.2. The first-order chi connectivity index (χ1) is 7.10. The standard InChI is InChI=1S/C15H24/c1-6-8-11(3)15-10-13(5)12(4)9-14(15)7-2/h9-11H,6-8H2,1-5H3. The molecular formula is C15H24. The van der Waals surface area contributed by atoms with Gasteiger partial charge in [0.25, 0.3) is 0 Å². The normalized spacial score (nSPS) is 12.9. The Morgan fingerprint density at radius 1 is 1.07 bits per heavy atom. The van der Waals surface area contributed by atoms with Gasteiger partial charge in [0, 0.05) is 0 Å². The summed E-state index contributed by atoms with van der Waals surface area (Å²) in [5.74, 6) is 0.712. The van der Waals surface area contributed by atoms with Gasteiger partial charge in [-0.15, -0.1) is 0 Å². The van der Waals surface area contributed by atoms with Crippen LogP contribution >= 0.6 is 0 Å². The molecule has 0 N–H and O–H groups in total. The highest BCUT2D eigenvalue weighted by Gasteiger charge is 2.10. The van der Waals surface area contributed by atoms with Gasteiger partial charge in [0.05, 0.1) is 0 Å². The Labute approximate surface area is 94.7 Å². The van der Waals surface area contributed by atoms with Crippen molar-refractivity contribution in [3.05, 3.63) is 34.4 Å². The molecule has 1 rings (SSSR count). The summed E-state index contributed by atoms with van der Waals surface area (Å²) >= 11 is 0. The number of benzene rings is 1. The van der Waals surface area contributed by atoms with Gasteiger partial charge in [-0.2, -0.15) is 0 Å².